The van der Waals surface area contributed by atoms with Gasteiger partial charge in [0.1, 0.15) is 17.1 Å². The van der Waals surface area contributed by atoms with E-state index in [9.17, 15) is 4.79 Å². The Morgan fingerprint density at radius 2 is 1.39 bits per heavy atom. The molecule has 0 saturated heterocycles. The number of esters is 1. The van der Waals surface area contributed by atoms with Crippen LogP contribution in [0.3, 0.4) is 0 Å². The first kappa shape index (κ1) is 21.6. The molecule has 0 spiro atoms. The Labute approximate surface area is 207 Å². The molecule has 4 aromatic carbocycles. The number of nitrogens with zero attached hydrogens (tertiary/aromatic N) is 1. The van der Waals surface area contributed by atoms with Gasteiger partial charge in [-0.2, -0.15) is 0 Å². The van der Waals surface area contributed by atoms with E-state index in [4.69, 9.17) is 13.9 Å². The largest absolute Gasteiger partial charge is 0.496 e. The van der Waals surface area contributed by atoms with Crippen molar-refractivity contribution < 1.29 is 18.7 Å². The first-order valence-corrected chi connectivity index (χ1v) is 11.5. The molecule has 0 radical (unpaired) electrons. The predicted molar refractivity (Wildman–Crippen MR) is 141 cm³/mol. The summed E-state index contributed by atoms with van der Waals surface area (Å²) in [6.07, 6.45) is 1.69. The second-order valence-electron chi connectivity index (χ2n) is 8.33. The van der Waals surface area contributed by atoms with Gasteiger partial charge in [-0.3, -0.25) is 0 Å². The van der Waals surface area contributed by atoms with Gasteiger partial charge in [-0.15, -0.1) is 0 Å². The Balaban J connectivity index is 1.54. The molecule has 36 heavy (non-hydrogen) atoms. The minimum Gasteiger partial charge on any atom is -0.496 e. The third-order valence-corrected chi connectivity index (χ3v) is 6.07. The van der Waals surface area contributed by atoms with Crippen LogP contribution in [-0.4, -0.2) is 19.0 Å². The quantitative estimate of drug-likeness (QED) is 0.202. The molecule has 0 fully saturated rings. The number of fused-ring (bicyclic) bond motifs is 1. The predicted octanol–water partition coefficient (Wildman–Crippen LogP) is 7.12. The number of ether oxygens (including phenoxy) is 2. The SMILES string of the molecule is COc1cc2oc(-c3ccccc3)c(-c3ccccc3)c2cc1/C=C1\N=C(c2ccccc2)OC1=O. The molecule has 1 aliphatic heterocycles. The van der Waals surface area contributed by atoms with Gasteiger partial charge in [0.2, 0.25) is 5.90 Å². The lowest BCUT2D eigenvalue weighted by Crippen LogP contribution is -2.05. The summed E-state index contributed by atoms with van der Waals surface area (Å²) in [6, 6.07) is 33.3. The highest BCUT2D eigenvalue weighted by Gasteiger charge is 2.25. The fourth-order valence-corrected chi connectivity index (χ4v) is 4.38. The van der Waals surface area contributed by atoms with Crippen LogP contribution in [0.15, 0.2) is 118 Å². The van der Waals surface area contributed by atoms with Gasteiger partial charge >= 0.3 is 5.97 Å². The molecule has 0 atom stereocenters. The molecule has 0 bridgehead atoms. The maximum Gasteiger partial charge on any atom is 0.363 e. The van der Waals surface area contributed by atoms with Crippen molar-refractivity contribution in [3.8, 4) is 28.2 Å². The van der Waals surface area contributed by atoms with Crippen molar-refractivity contribution in [3.05, 3.63) is 120 Å². The zero-order chi connectivity index (χ0) is 24.5. The number of benzene rings is 4. The van der Waals surface area contributed by atoms with Gasteiger partial charge in [0, 0.05) is 33.7 Å². The molecule has 5 nitrogen and oxygen atoms in total. The Bertz CT molecular complexity index is 1630. The van der Waals surface area contributed by atoms with Crippen LogP contribution in [0.5, 0.6) is 5.75 Å². The zero-order valence-electron chi connectivity index (χ0n) is 19.5. The van der Waals surface area contributed by atoms with Crippen LogP contribution in [0.1, 0.15) is 11.1 Å². The van der Waals surface area contributed by atoms with Gasteiger partial charge in [-0.1, -0.05) is 78.9 Å². The van der Waals surface area contributed by atoms with Crippen molar-refractivity contribution in [1.82, 2.24) is 0 Å². The third-order valence-electron chi connectivity index (χ3n) is 6.07. The lowest BCUT2D eigenvalue weighted by Gasteiger charge is -2.06. The number of furan rings is 1. The minimum atomic E-state index is -0.503. The van der Waals surface area contributed by atoms with Crippen LogP contribution >= 0.6 is 0 Å². The number of aliphatic imine (C=N–C) groups is 1. The van der Waals surface area contributed by atoms with Crippen molar-refractivity contribution in [1.29, 1.82) is 0 Å². The van der Waals surface area contributed by atoms with Gasteiger partial charge in [-0.05, 0) is 29.8 Å². The smallest absolute Gasteiger partial charge is 0.363 e. The van der Waals surface area contributed by atoms with Crippen molar-refractivity contribution >= 4 is 28.9 Å². The summed E-state index contributed by atoms with van der Waals surface area (Å²) in [6.45, 7) is 0. The van der Waals surface area contributed by atoms with Gasteiger partial charge in [0.05, 0.1) is 7.11 Å². The summed E-state index contributed by atoms with van der Waals surface area (Å²) >= 11 is 0. The maximum atomic E-state index is 12.6. The molecule has 5 heteroatoms. The van der Waals surface area contributed by atoms with Gasteiger partial charge in [0.25, 0.3) is 0 Å². The van der Waals surface area contributed by atoms with E-state index in [1.165, 1.54) is 0 Å². The van der Waals surface area contributed by atoms with E-state index in [0.717, 1.165) is 33.4 Å². The van der Waals surface area contributed by atoms with Crippen LogP contribution in [0, 0.1) is 0 Å². The summed E-state index contributed by atoms with van der Waals surface area (Å²) < 4.78 is 17.5. The van der Waals surface area contributed by atoms with Crippen LogP contribution in [0.25, 0.3) is 39.5 Å². The average molecular weight is 472 g/mol. The van der Waals surface area contributed by atoms with Crippen molar-refractivity contribution in [2.75, 3.05) is 7.11 Å². The molecule has 5 aromatic rings. The molecule has 1 aliphatic rings. The van der Waals surface area contributed by atoms with E-state index in [-0.39, 0.29) is 11.6 Å². The van der Waals surface area contributed by atoms with Crippen molar-refractivity contribution in [3.63, 3.8) is 0 Å². The second kappa shape index (κ2) is 9.04. The van der Waals surface area contributed by atoms with Crippen LogP contribution < -0.4 is 4.74 Å². The Morgan fingerprint density at radius 1 is 0.778 bits per heavy atom. The van der Waals surface area contributed by atoms with Crippen LogP contribution in [0.4, 0.5) is 0 Å². The average Bonchev–Trinajstić information content (AvgIpc) is 3.49. The zero-order valence-corrected chi connectivity index (χ0v) is 19.5. The summed E-state index contributed by atoms with van der Waals surface area (Å²) in [5, 5.41) is 0.909. The first-order chi connectivity index (χ1) is 17.7. The minimum absolute atomic E-state index is 0.208. The van der Waals surface area contributed by atoms with Crippen LogP contribution in [-0.2, 0) is 9.53 Å². The summed E-state index contributed by atoms with van der Waals surface area (Å²) in [5.74, 6) is 1.12. The molecule has 0 unspecified atom stereocenters. The van der Waals surface area contributed by atoms with Gasteiger partial charge < -0.3 is 13.9 Å². The Morgan fingerprint density at radius 3 is 2.03 bits per heavy atom. The lowest BCUT2D eigenvalue weighted by atomic mass is 9.97. The Kier molecular flexibility index (Phi) is 5.43. The van der Waals surface area contributed by atoms with E-state index < -0.39 is 5.97 Å². The van der Waals surface area contributed by atoms with Crippen molar-refractivity contribution in [2.24, 2.45) is 4.99 Å². The Hall–Kier alpha value is -4.90. The summed E-state index contributed by atoms with van der Waals surface area (Å²) in [5.41, 5.74) is 5.32. The molecule has 2 heterocycles. The molecule has 0 N–H and O–H groups in total. The van der Waals surface area contributed by atoms with E-state index in [0.29, 0.717) is 16.9 Å². The third kappa shape index (κ3) is 3.87. The fraction of sp³-hybridized carbons (Fsp3) is 0.0323. The topological polar surface area (TPSA) is 61.0 Å². The molecule has 0 saturated carbocycles. The summed E-state index contributed by atoms with van der Waals surface area (Å²) in [7, 11) is 1.59. The molecule has 0 aliphatic carbocycles. The number of methoxy groups -OCH3 is 1. The molecular formula is C31H21NO4. The second-order valence-corrected chi connectivity index (χ2v) is 8.33. The highest BCUT2D eigenvalue weighted by Crippen LogP contribution is 2.43. The number of carbonyl (C=O) groups excluding carboxylic acids is 1. The first-order valence-electron chi connectivity index (χ1n) is 11.5. The van der Waals surface area contributed by atoms with E-state index >= 15 is 0 Å². The standard InChI is InChI=1S/C31H21NO4/c1-34-26-19-27-24(17-23(26)18-25-31(33)36-30(32-25)22-15-9-4-10-16-22)28(20-11-5-2-6-12-20)29(35-27)21-13-7-3-8-14-21/h2-19H,1H3/b25-18-. The molecule has 1 aromatic heterocycles. The van der Waals surface area contributed by atoms with Crippen molar-refractivity contribution in [2.45, 2.75) is 0 Å². The number of rotatable bonds is 5. The molecule has 6 rings (SSSR count). The van der Waals surface area contributed by atoms with E-state index in [1.54, 1.807) is 13.2 Å². The number of hydrogen-bond acceptors (Lipinski definition) is 5. The summed E-state index contributed by atoms with van der Waals surface area (Å²) in [4.78, 5) is 17.1. The number of carbonyl (C=O) groups is 1. The highest BCUT2D eigenvalue weighted by atomic mass is 16.6. The van der Waals surface area contributed by atoms with E-state index in [1.807, 2.05) is 91.0 Å². The fourth-order valence-electron chi connectivity index (χ4n) is 4.38. The van der Waals surface area contributed by atoms with E-state index in [2.05, 4.69) is 17.1 Å². The van der Waals surface area contributed by atoms with Gasteiger partial charge in [-0.25, -0.2) is 9.79 Å². The molecular weight excluding hydrogens is 450 g/mol. The van der Waals surface area contributed by atoms with Gasteiger partial charge in [0.15, 0.2) is 5.70 Å². The molecule has 174 valence electrons. The lowest BCUT2D eigenvalue weighted by molar-refractivity contribution is -0.129. The molecule has 0 amide bonds. The van der Waals surface area contributed by atoms with Crippen LogP contribution in [0.2, 0.25) is 0 Å². The highest BCUT2D eigenvalue weighted by molar-refractivity contribution is 6.13. The monoisotopic (exact) mass is 471 g/mol. The normalized spacial score (nSPS) is 14.2. The maximum absolute atomic E-state index is 12.6. The number of hydrogen-bond donors (Lipinski definition) is 0. The number of cyclic esters (lactones) is 1.